The minimum Gasteiger partial charge on any atom is -0.508 e. The topological polar surface area (TPSA) is 70.0 Å². The fraction of sp³-hybridized carbons (Fsp3) is 0.435. The molecule has 1 saturated heterocycles. The van der Waals surface area contributed by atoms with Crippen molar-refractivity contribution in [1.82, 2.24) is 0 Å². The Bertz CT molecular complexity index is 784. The van der Waals surface area contributed by atoms with Crippen LogP contribution in [0.4, 0.5) is 5.69 Å². The zero-order valence-electron chi connectivity index (χ0n) is 16.4. The number of aromatic hydroxyl groups is 1. The van der Waals surface area contributed by atoms with E-state index in [-0.39, 0.29) is 12.5 Å². The van der Waals surface area contributed by atoms with Gasteiger partial charge >= 0.3 is 0 Å². The number of aliphatic hydroxyl groups is 1. The van der Waals surface area contributed by atoms with E-state index in [0.717, 1.165) is 42.3 Å². The normalized spacial score (nSPS) is 15.9. The van der Waals surface area contributed by atoms with Crippen LogP contribution in [0.3, 0.4) is 0 Å². The van der Waals surface area contributed by atoms with Crippen molar-refractivity contribution in [2.75, 3.05) is 24.7 Å². The van der Waals surface area contributed by atoms with Gasteiger partial charge in [-0.25, -0.2) is 0 Å². The van der Waals surface area contributed by atoms with E-state index in [9.17, 15) is 4.79 Å². The summed E-state index contributed by atoms with van der Waals surface area (Å²) in [6.07, 6.45) is 5.07. The molecule has 2 N–H and O–H groups in total. The van der Waals surface area contributed by atoms with E-state index < -0.39 is 0 Å². The lowest BCUT2D eigenvalue weighted by Crippen LogP contribution is -2.23. The van der Waals surface area contributed by atoms with Gasteiger partial charge in [-0.3, -0.25) is 4.79 Å². The second kappa shape index (κ2) is 9.60. The number of carbonyl (C=O) groups is 1. The molecule has 0 bridgehead atoms. The molecule has 28 heavy (non-hydrogen) atoms. The van der Waals surface area contributed by atoms with E-state index in [4.69, 9.17) is 14.9 Å². The summed E-state index contributed by atoms with van der Waals surface area (Å²) in [6.45, 7) is 3.17. The number of rotatable bonds is 6. The van der Waals surface area contributed by atoms with Crippen molar-refractivity contribution in [2.45, 2.75) is 44.9 Å². The third-order valence-corrected chi connectivity index (χ3v) is 5.10. The molecule has 2 aromatic rings. The molecule has 0 unspecified atom stereocenters. The number of benzene rings is 2. The number of anilines is 1. The van der Waals surface area contributed by atoms with Gasteiger partial charge in [0.15, 0.2) is 0 Å². The lowest BCUT2D eigenvalue weighted by Gasteiger charge is -2.18. The van der Waals surface area contributed by atoms with Crippen LogP contribution < -0.4 is 9.64 Å². The van der Waals surface area contributed by atoms with Gasteiger partial charge < -0.3 is 19.8 Å². The number of aryl methyl sites for hydroxylation is 1. The fourth-order valence-corrected chi connectivity index (χ4v) is 3.39. The molecule has 150 valence electrons. The predicted molar refractivity (Wildman–Crippen MR) is 110 cm³/mol. The summed E-state index contributed by atoms with van der Waals surface area (Å²) in [6, 6.07) is 13.3. The van der Waals surface area contributed by atoms with Crippen LogP contribution in [0.5, 0.6) is 11.5 Å². The van der Waals surface area contributed by atoms with Crippen LogP contribution in [0.2, 0.25) is 0 Å². The monoisotopic (exact) mass is 383 g/mol. The summed E-state index contributed by atoms with van der Waals surface area (Å²) < 4.78 is 5.47. The molecule has 1 heterocycles. The molecular formula is C23H29NO4. The van der Waals surface area contributed by atoms with Gasteiger partial charge in [-0.05, 0) is 73.1 Å². The van der Waals surface area contributed by atoms with Crippen LogP contribution in [0.1, 0.15) is 49.7 Å². The van der Waals surface area contributed by atoms with Crippen molar-refractivity contribution in [3.05, 3.63) is 53.6 Å². The SMILES string of the molecule is CCc1cc(N2CCCC2=O)ccc1OCCO.Oc1ccc(C2CC2)cc1. The Morgan fingerprint density at radius 2 is 1.89 bits per heavy atom. The molecule has 1 aliphatic carbocycles. The summed E-state index contributed by atoms with van der Waals surface area (Å²) in [5.74, 6) is 2.15. The van der Waals surface area contributed by atoms with E-state index in [0.29, 0.717) is 18.8 Å². The molecule has 0 spiro atoms. The molecule has 5 nitrogen and oxygen atoms in total. The Labute approximate surface area is 166 Å². The van der Waals surface area contributed by atoms with Crippen LogP contribution in [0.15, 0.2) is 42.5 Å². The first kappa shape index (κ1) is 20.2. The van der Waals surface area contributed by atoms with Crippen LogP contribution in [-0.4, -0.2) is 35.9 Å². The zero-order valence-corrected chi connectivity index (χ0v) is 16.4. The van der Waals surface area contributed by atoms with Gasteiger partial charge in [0.25, 0.3) is 0 Å². The second-order valence-corrected chi connectivity index (χ2v) is 7.23. The maximum absolute atomic E-state index is 11.7. The highest BCUT2D eigenvalue weighted by molar-refractivity contribution is 5.95. The van der Waals surface area contributed by atoms with Crippen LogP contribution in [0, 0.1) is 0 Å². The number of carbonyl (C=O) groups excluding carboxylic acids is 1. The predicted octanol–water partition coefficient (Wildman–Crippen LogP) is 4.02. The average molecular weight is 383 g/mol. The van der Waals surface area contributed by atoms with E-state index in [1.807, 2.05) is 35.2 Å². The van der Waals surface area contributed by atoms with Gasteiger partial charge in [-0.2, -0.15) is 0 Å². The Kier molecular flexibility index (Phi) is 6.93. The minimum atomic E-state index is 0.00944. The molecule has 1 aliphatic heterocycles. The van der Waals surface area contributed by atoms with Crippen molar-refractivity contribution in [1.29, 1.82) is 0 Å². The highest BCUT2D eigenvalue weighted by Crippen LogP contribution is 2.40. The quantitative estimate of drug-likeness (QED) is 0.791. The Morgan fingerprint density at radius 1 is 1.14 bits per heavy atom. The molecule has 0 aromatic heterocycles. The molecule has 2 aromatic carbocycles. The summed E-state index contributed by atoms with van der Waals surface area (Å²) in [5, 5.41) is 17.7. The molecule has 0 atom stereocenters. The van der Waals surface area contributed by atoms with Crippen molar-refractivity contribution in [3.8, 4) is 11.5 Å². The van der Waals surface area contributed by atoms with Gasteiger partial charge in [0.05, 0.1) is 6.61 Å². The maximum atomic E-state index is 11.7. The molecule has 1 saturated carbocycles. The smallest absolute Gasteiger partial charge is 0.227 e. The van der Waals surface area contributed by atoms with Crippen LogP contribution in [-0.2, 0) is 11.2 Å². The number of nitrogens with zero attached hydrogens (tertiary/aromatic N) is 1. The molecule has 5 heteroatoms. The Balaban J connectivity index is 0.000000188. The lowest BCUT2D eigenvalue weighted by atomic mass is 10.1. The average Bonchev–Trinajstić information content (AvgIpc) is 3.48. The number of ether oxygens (including phenoxy) is 1. The van der Waals surface area contributed by atoms with Gasteiger partial charge in [0, 0.05) is 18.7 Å². The number of phenols is 1. The fourth-order valence-electron chi connectivity index (χ4n) is 3.39. The molecule has 2 aliphatic rings. The zero-order chi connectivity index (χ0) is 19.9. The summed E-state index contributed by atoms with van der Waals surface area (Å²) in [7, 11) is 0. The van der Waals surface area contributed by atoms with Gasteiger partial charge in [-0.15, -0.1) is 0 Å². The number of aliphatic hydroxyl groups excluding tert-OH is 1. The molecule has 0 radical (unpaired) electrons. The van der Waals surface area contributed by atoms with Gasteiger partial charge in [-0.1, -0.05) is 19.1 Å². The molecule has 1 amide bonds. The minimum absolute atomic E-state index is 0.00944. The first-order valence-electron chi connectivity index (χ1n) is 10.1. The second-order valence-electron chi connectivity index (χ2n) is 7.23. The molecule has 2 fully saturated rings. The standard InChI is InChI=1S/C14H19NO3.C9H10O/c1-2-11-10-12(15-7-3-4-14(15)17)5-6-13(11)18-9-8-16;10-9-5-3-8(4-6-9)7-1-2-7/h5-6,10,16H,2-4,7-9H2,1H3;3-7,10H,1-2H2. The van der Waals surface area contributed by atoms with E-state index in [1.54, 1.807) is 12.1 Å². The highest BCUT2D eigenvalue weighted by Gasteiger charge is 2.23. The van der Waals surface area contributed by atoms with Crippen LogP contribution >= 0.6 is 0 Å². The third-order valence-electron chi connectivity index (χ3n) is 5.10. The van der Waals surface area contributed by atoms with E-state index in [1.165, 1.54) is 18.4 Å². The van der Waals surface area contributed by atoms with Crippen molar-refractivity contribution in [3.63, 3.8) is 0 Å². The number of hydrogen-bond acceptors (Lipinski definition) is 4. The summed E-state index contributed by atoms with van der Waals surface area (Å²) >= 11 is 0. The Morgan fingerprint density at radius 3 is 2.46 bits per heavy atom. The number of hydrogen-bond donors (Lipinski definition) is 2. The van der Waals surface area contributed by atoms with E-state index >= 15 is 0 Å². The molecule has 4 rings (SSSR count). The Hall–Kier alpha value is -2.53. The van der Waals surface area contributed by atoms with Crippen molar-refractivity contribution in [2.24, 2.45) is 0 Å². The number of amides is 1. The van der Waals surface area contributed by atoms with Crippen molar-refractivity contribution >= 4 is 11.6 Å². The lowest BCUT2D eigenvalue weighted by molar-refractivity contribution is -0.117. The van der Waals surface area contributed by atoms with E-state index in [2.05, 4.69) is 6.92 Å². The summed E-state index contributed by atoms with van der Waals surface area (Å²) in [4.78, 5) is 13.5. The van der Waals surface area contributed by atoms with Crippen molar-refractivity contribution < 1.29 is 19.7 Å². The third kappa shape index (κ3) is 5.26. The van der Waals surface area contributed by atoms with Gasteiger partial charge in [0.2, 0.25) is 5.91 Å². The number of phenolic OH excluding ortho intramolecular Hbond substituents is 1. The largest absolute Gasteiger partial charge is 0.508 e. The first-order chi connectivity index (χ1) is 13.6. The molecular weight excluding hydrogens is 354 g/mol. The van der Waals surface area contributed by atoms with Crippen LogP contribution in [0.25, 0.3) is 0 Å². The maximum Gasteiger partial charge on any atom is 0.227 e. The summed E-state index contributed by atoms with van der Waals surface area (Å²) in [5.41, 5.74) is 3.39. The van der Waals surface area contributed by atoms with Gasteiger partial charge in [0.1, 0.15) is 18.1 Å². The highest BCUT2D eigenvalue weighted by atomic mass is 16.5. The first-order valence-corrected chi connectivity index (χ1v) is 10.1.